The highest BCUT2D eigenvalue weighted by Gasteiger charge is 2.45. The van der Waals surface area contributed by atoms with Crippen LogP contribution in [0.3, 0.4) is 0 Å². The van der Waals surface area contributed by atoms with Crippen LogP contribution in [0, 0.1) is 0 Å². The first kappa shape index (κ1) is 30.5. The number of aliphatic hydroxyl groups excluding tert-OH is 2. The van der Waals surface area contributed by atoms with E-state index >= 15 is 0 Å². The maximum absolute atomic E-state index is 10.7. The Balaban J connectivity index is 1.29. The Labute approximate surface area is 227 Å². The van der Waals surface area contributed by atoms with E-state index < -0.39 is 24.5 Å². The van der Waals surface area contributed by atoms with E-state index in [9.17, 15) is 10.2 Å². The van der Waals surface area contributed by atoms with E-state index in [0.717, 1.165) is 12.8 Å². The molecule has 1 saturated heterocycles. The van der Waals surface area contributed by atoms with Gasteiger partial charge in [0.25, 0.3) is 0 Å². The Kier molecular flexibility index (Phi) is 13.5. The van der Waals surface area contributed by atoms with Gasteiger partial charge in [-0.1, -0.05) is 103 Å². The summed E-state index contributed by atoms with van der Waals surface area (Å²) in [4.78, 5) is 12.5. The molecule has 1 fully saturated rings. The molecule has 216 valence electrons. The van der Waals surface area contributed by atoms with Crippen molar-refractivity contribution < 1.29 is 19.7 Å². The van der Waals surface area contributed by atoms with Gasteiger partial charge in [-0.2, -0.15) is 9.97 Å². The molecule has 10 nitrogen and oxygen atoms in total. The minimum atomic E-state index is -0.972. The number of aliphatic hydroxyl groups is 2. The molecule has 2 aromatic rings. The normalized spacial score (nSPS) is 21.6. The number of nitrogens with two attached hydrogens (primary N) is 2. The first-order valence-electron chi connectivity index (χ1n) is 14.9. The van der Waals surface area contributed by atoms with Crippen LogP contribution in [0.15, 0.2) is 6.33 Å². The van der Waals surface area contributed by atoms with Crippen molar-refractivity contribution in [3.63, 3.8) is 0 Å². The van der Waals surface area contributed by atoms with Gasteiger partial charge in [0.05, 0.1) is 12.9 Å². The average Bonchev–Trinajstić information content (AvgIpc) is 3.46. The molecule has 0 saturated carbocycles. The number of imidazole rings is 1. The van der Waals surface area contributed by atoms with Gasteiger partial charge in [0, 0.05) is 6.61 Å². The van der Waals surface area contributed by atoms with E-state index in [1.165, 1.54) is 96.2 Å². The molecule has 0 radical (unpaired) electrons. The van der Waals surface area contributed by atoms with Crippen LogP contribution in [0.1, 0.15) is 116 Å². The average molecular weight is 535 g/mol. The monoisotopic (exact) mass is 534 g/mol. The van der Waals surface area contributed by atoms with E-state index in [0.29, 0.717) is 17.8 Å². The number of nitrogen functional groups attached to an aromatic ring is 2. The van der Waals surface area contributed by atoms with Crippen molar-refractivity contribution in [1.82, 2.24) is 19.5 Å². The molecule has 0 spiro atoms. The minimum Gasteiger partial charge on any atom is -0.394 e. The maximum atomic E-state index is 10.7. The van der Waals surface area contributed by atoms with Gasteiger partial charge < -0.3 is 31.2 Å². The molecule has 2 aromatic heterocycles. The predicted octanol–water partition coefficient (Wildman–Crippen LogP) is 4.89. The van der Waals surface area contributed by atoms with Crippen LogP contribution in [0.5, 0.6) is 0 Å². The molecule has 1 aliphatic heterocycles. The molecule has 0 unspecified atom stereocenters. The summed E-state index contributed by atoms with van der Waals surface area (Å²) in [6.45, 7) is 2.46. The van der Waals surface area contributed by atoms with Crippen molar-refractivity contribution in [2.24, 2.45) is 0 Å². The molecular formula is C28H50N6O4. The fourth-order valence-corrected chi connectivity index (χ4v) is 5.28. The number of nitrogens with zero attached hydrogens (tertiary/aromatic N) is 4. The van der Waals surface area contributed by atoms with Gasteiger partial charge in [-0.25, -0.2) is 4.98 Å². The summed E-state index contributed by atoms with van der Waals surface area (Å²) in [6, 6.07) is 0. The Hall–Kier alpha value is -2.01. The second-order valence-electron chi connectivity index (χ2n) is 10.7. The van der Waals surface area contributed by atoms with Crippen LogP contribution in [0.4, 0.5) is 11.8 Å². The first-order valence-corrected chi connectivity index (χ1v) is 14.9. The first-order chi connectivity index (χ1) is 18.6. The van der Waals surface area contributed by atoms with Crippen molar-refractivity contribution in [3.05, 3.63) is 6.33 Å². The van der Waals surface area contributed by atoms with Crippen molar-refractivity contribution in [1.29, 1.82) is 0 Å². The van der Waals surface area contributed by atoms with Gasteiger partial charge in [0.15, 0.2) is 17.7 Å². The van der Waals surface area contributed by atoms with Crippen molar-refractivity contribution in [2.75, 3.05) is 24.7 Å². The summed E-state index contributed by atoms with van der Waals surface area (Å²) < 4.78 is 13.6. The van der Waals surface area contributed by atoms with Crippen molar-refractivity contribution >= 4 is 22.9 Å². The molecule has 1 aliphatic rings. The van der Waals surface area contributed by atoms with E-state index in [1.807, 2.05) is 0 Å². The molecule has 3 rings (SSSR count). The quantitative estimate of drug-likeness (QED) is 0.174. The summed E-state index contributed by atoms with van der Waals surface area (Å²) in [7, 11) is 0. The van der Waals surface area contributed by atoms with E-state index in [4.69, 9.17) is 20.9 Å². The van der Waals surface area contributed by atoms with E-state index in [1.54, 1.807) is 4.57 Å². The molecular weight excluding hydrogens is 484 g/mol. The third-order valence-corrected chi connectivity index (χ3v) is 7.54. The smallest absolute Gasteiger partial charge is 0.224 e. The molecule has 6 N–H and O–H groups in total. The molecule has 4 atom stereocenters. The molecule has 0 bridgehead atoms. The number of ether oxygens (including phenoxy) is 2. The fraction of sp³-hybridized carbons (Fsp3) is 0.821. The largest absolute Gasteiger partial charge is 0.394 e. The second kappa shape index (κ2) is 16.8. The van der Waals surface area contributed by atoms with E-state index in [-0.39, 0.29) is 18.4 Å². The van der Waals surface area contributed by atoms with Gasteiger partial charge in [-0.15, -0.1) is 0 Å². The minimum absolute atomic E-state index is 0.0274. The summed E-state index contributed by atoms with van der Waals surface area (Å²) >= 11 is 0. The van der Waals surface area contributed by atoms with Gasteiger partial charge in [0.2, 0.25) is 5.95 Å². The Bertz CT molecular complexity index is 926. The topological polar surface area (TPSA) is 155 Å². The van der Waals surface area contributed by atoms with Gasteiger partial charge in [0.1, 0.15) is 23.8 Å². The van der Waals surface area contributed by atoms with E-state index in [2.05, 4.69) is 21.9 Å². The highest BCUT2D eigenvalue weighted by molar-refractivity contribution is 5.82. The van der Waals surface area contributed by atoms with Crippen LogP contribution in [-0.2, 0) is 9.47 Å². The van der Waals surface area contributed by atoms with Crippen LogP contribution < -0.4 is 11.5 Å². The standard InChI is InChI=1S/C28H50N6O4/c1-2-3-4-5-6-7-8-9-10-11-12-13-14-15-16-17-18-37-24-23(36)21(19-35)38-27(24)34-20-31-22-25(29)32-28(30)33-26(22)34/h20-21,23-24,27,35-36H,2-19H2,1H3,(H4,29,30,32,33)/t21-,23-,24-,27+/m1/s1. The third-order valence-electron chi connectivity index (χ3n) is 7.54. The maximum Gasteiger partial charge on any atom is 0.224 e. The van der Waals surface area contributed by atoms with Crippen LogP contribution >= 0.6 is 0 Å². The number of hydrogen-bond donors (Lipinski definition) is 4. The zero-order valence-corrected chi connectivity index (χ0v) is 23.3. The zero-order valence-electron chi connectivity index (χ0n) is 23.3. The Morgan fingerprint density at radius 3 is 1.97 bits per heavy atom. The zero-order chi connectivity index (χ0) is 27.2. The number of hydrogen-bond acceptors (Lipinski definition) is 9. The summed E-state index contributed by atoms with van der Waals surface area (Å²) in [5.41, 5.74) is 12.5. The lowest BCUT2D eigenvalue weighted by Crippen LogP contribution is -2.35. The summed E-state index contributed by atoms with van der Waals surface area (Å²) in [6.07, 6.45) is 19.4. The number of fused-ring (bicyclic) bond motifs is 1. The fourth-order valence-electron chi connectivity index (χ4n) is 5.28. The van der Waals surface area contributed by atoms with Gasteiger partial charge in [-0.05, 0) is 6.42 Å². The molecule has 0 aliphatic carbocycles. The van der Waals surface area contributed by atoms with Gasteiger partial charge >= 0.3 is 0 Å². The van der Waals surface area contributed by atoms with Crippen LogP contribution in [-0.4, -0.2) is 61.3 Å². The van der Waals surface area contributed by atoms with Crippen molar-refractivity contribution in [3.8, 4) is 0 Å². The van der Waals surface area contributed by atoms with Crippen molar-refractivity contribution in [2.45, 2.75) is 134 Å². The van der Waals surface area contributed by atoms with Crippen LogP contribution in [0.2, 0.25) is 0 Å². The third kappa shape index (κ3) is 9.03. The summed E-state index contributed by atoms with van der Waals surface area (Å²) in [5.74, 6) is 0.203. The predicted molar refractivity (Wildman–Crippen MR) is 150 cm³/mol. The second-order valence-corrected chi connectivity index (χ2v) is 10.7. The van der Waals surface area contributed by atoms with Crippen LogP contribution in [0.25, 0.3) is 11.2 Å². The number of aromatic nitrogens is 4. The molecule has 0 aromatic carbocycles. The number of rotatable bonds is 20. The lowest BCUT2D eigenvalue weighted by molar-refractivity contribution is -0.0711. The lowest BCUT2D eigenvalue weighted by Gasteiger charge is -2.22. The summed E-state index contributed by atoms with van der Waals surface area (Å²) in [5, 5.41) is 20.4. The van der Waals surface area contributed by atoms with Gasteiger partial charge in [-0.3, -0.25) is 4.57 Å². The molecule has 10 heteroatoms. The molecule has 3 heterocycles. The lowest BCUT2D eigenvalue weighted by atomic mass is 10.0. The number of unbranched alkanes of at least 4 members (excludes halogenated alkanes) is 15. The highest BCUT2D eigenvalue weighted by atomic mass is 16.6. The Morgan fingerprint density at radius 2 is 1.42 bits per heavy atom. The SMILES string of the molecule is CCCCCCCCCCCCCCCCCCO[C@@H]1[C@H](O)[C@@H](CO)O[C@@H]1n1cnc2c(N)nc(N)nc21. The Morgan fingerprint density at radius 1 is 0.868 bits per heavy atom. The highest BCUT2D eigenvalue weighted by Crippen LogP contribution is 2.34. The number of anilines is 2. The molecule has 0 amide bonds. The molecule has 38 heavy (non-hydrogen) atoms.